The maximum absolute atomic E-state index is 5.55. The lowest BCUT2D eigenvalue weighted by Crippen LogP contribution is -2.33. The molecule has 0 aromatic rings. The molecule has 0 atom stereocenters. The van der Waals surface area contributed by atoms with Gasteiger partial charge in [-0.3, -0.25) is 4.90 Å². The van der Waals surface area contributed by atoms with Crippen LogP contribution in [-0.4, -0.2) is 43.8 Å². The highest BCUT2D eigenvalue weighted by atomic mass is 16.5. The van der Waals surface area contributed by atoms with Crippen LogP contribution in [0.1, 0.15) is 33.6 Å². The van der Waals surface area contributed by atoms with Crippen molar-refractivity contribution in [3.63, 3.8) is 0 Å². The van der Waals surface area contributed by atoms with Gasteiger partial charge in [0.1, 0.15) is 0 Å². The van der Waals surface area contributed by atoms with Gasteiger partial charge in [0.15, 0.2) is 0 Å². The summed E-state index contributed by atoms with van der Waals surface area (Å²) in [7, 11) is 0. The fourth-order valence-electron chi connectivity index (χ4n) is 1.32. The maximum Gasteiger partial charge on any atom is 0.0596 e. The topological polar surface area (TPSA) is 38.5 Å². The standard InChI is InChI=1S/C11H26N2O/c1-4-5-7-13(8-6-12)9-10-14-11(2)3/h11H,4-10,12H2,1-3H3. The van der Waals surface area contributed by atoms with E-state index in [0.29, 0.717) is 6.10 Å². The monoisotopic (exact) mass is 202 g/mol. The molecule has 0 rings (SSSR count). The minimum atomic E-state index is 0.334. The average Bonchev–Trinajstić information content (AvgIpc) is 2.13. The van der Waals surface area contributed by atoms with Crippen LogP contribution >= 0.6 is 0 Å². The van der Waals surface area contributed by atoms with Gasteiger partial charge >= 0.3 is 0 Å². The Bertz CT molecular complexity index is 118. The highest BCUT2D eigenvalue weighted by molar-refractivity contribution is 4.58. The molecule has 0 aliphatic heterocycles. The van der Waals surface area contributed by atoms with Crippen LogP contribution in [0.3, 0.4) is 0 Å². The molecule has 86 valence electrons. The Balaban J connectivity index is 3.50. The Labute approximate surface area is 88.6 Å². The number of hydrogen-bond donors (Lipinski definition) is 1. The van der Waals surface area contributed by atoms with Crippen LogP contribution in [0.5, 0.6) is 0 Å². The van der Waals surface area contributed by atoms with E-state index in [9.17, 15) is 0 Å². The van der Waals surface area contributed by atoms with E-state index in [1.807, 2.05) is 0 Å². The molecule has 0 aromatic heterocycles. The molecule has 0 unspecified atom stereocenters. The molecule has 14 heavy (non-hydrogen) atoms. The predicted molar refractivity (Wildman–Crippen MR) is 61.5 cm³/mol. The Kier molecular flexibility index (Phi) is 9.35. The fraction of sp³-hybridized carbons (Fsp3) is 1.00. The molecule has 0 radical (unpaired) electrons. The minimum absolute atomic E-state index is 0.334. The second kappa shape index (κ2) is 9.44. The number of nitrogens with two attached hydrogens (primary N) is 1. The zero-order valence-electron chi connectivity index (χ0n) is 9.96. The van der Waals surface area contributed by atoms with Crippen LogP contribution in [0.25, 0.3) is 0 Å². The van der Waals surface area contributed by atoms with Crippen LogP contribution in [0.15, 0.2) is 0 Å². The first-order chi connectivity index (χ1) is 6.70. The van der Waals surface area contributed by atoms with Gasteiger partial charge in [-0.05, 0) is 26.8 Å². The second-order valence-corrected chi connectivity index (χ2v) is 3.90. The molecule has 0 aliphatic carbocycles. The molecule has 2 N–H and O–H groups in total. The van der Waals surface area contributed by atoms with Gasteiger partial charge in [0.25, 0.3) is 0 Å². The normalized spacial score (nSPS) is 11.6. The number of rotatable bonds is 9. The smallest absolute Gasteiger partial charge is 0.0596 e. The average molecular weight is 202 g/mol. The van der Waals surface area contributed by atoms with Crippen molar-refractivity contribution in [3.8, 4) is 0 Å². The fourth-order valence-corrected chi connectivity index (χ4v) is 1.32. The van der Waals surface area contributed by atoms with Gasteiger partial charge in [-0.1, -0.05) is 13.3 Å². The van der Waals surface area contributed by atoms with Crippen molar-refractivity contribution in [3.05, 3.63) is 0 Å². The summed E-state index contributed by atoms with van der Waals surface area (Å²) in [6.07, 6.45) is 2.83. The van der Waals surface area contributed by atoms with Crippen molar-refractivity contribution >= 4 is 0 Å². The first-order valence-electron chi connectivity index (χ1n) is 5.74. The van der Waals surface area contributed by atoms with Gasteiger partial charge in [-0.2, -0.15) is 0 Å². The van der Waals surface area contributed by atoms with E-state index >= 15 is 0 Å². The summed E-state index contributed by atoms with van der Waals surface area (Å²) in [4.78, 5) is 2.38. The van der Waals surface area contributed by atoms with Crippen LogP contribution < -0.4 is 5.73 Å². The van der Waals surface area contributed by atoms with Crippen molar-refractivity contribution in [2.24, 2.45) is 5.73 Å². The Morgan fingerprint density at radius 2 is 1.93 bits per heavy atom. The molecule has 0 heterocycles. The van der Waals surface area contributed by atoms with Gasteiger partial charge in [0.2, 0.25) is 0 Å². The molecule has 3 nitrogen and oxygen atoms in total. The van der Waals surface area contributed by atoms with E-state index < -0.39 is 0 Å². The van der Waals surface area contributed by atoms with E-state index in [1.165, 1.54) is 12.8 Å². The lowest BCUT2D eigenvalue weighted by molar-refractivity contribution is 0.0593. The molecule has 0 amide bonds. The molecule has 0 aromatic carbocycles. The number of nitrogens with zero attached hydrogens (tertiary/aromatic N) is 1. The van der Waals surface area contributed by atoms with Gasteiger partial charge in [-0.25, -0.2) is 0 Å². The lowest BCUT2D eigenvalue weighted by atomic mass is 10.3. The van der Waals surface area contributed by atoms with E-state index in [0.717, 1.165) is 32.8 Å². The van der Waals surface area contributed by atoms with E-state index in [2.05, 4.69) is 25.7 Å². The number of ether oxygens (including phenoxy) is 1. The van der Waals surface area contributed by atoms with Crippen LogP contribution in [0, 0.1) is 0 Å². The maximum atomic E-state index is 5.55. The molecule has 0 saturated carbocycles. The van der Waals surface area contributed by atoms with Gasteiger partial charge in [-0.15, -0.1) is 0 Å². The van der Waals surface area contributed by atoms with Crippen molar-refractivity contribution < 1.29 is 4.74 Å². The molecule has 0 fully saturated rings. The van der Waals surface area contributed by atoms with Crippen LogP contribution in [-0.2, 0) is 4.74 Å². The summed E-state index contributed by atoms with van der Waals surface area (Å²) >= 11 is 0. The second-order valence-electron chi connectivity index (χ2n) is 3.90. The summed E-state index contributed by atoms with van der Waals surface area (Å²) in [6, 6.07) is 0. The van der Waals surface area contributed by atoms with Gasteiger partial charge in [0.05, 0.1) is 12.7 Å². The van der Waals surface area contributed by atoms with Gasteiger partial charge < -0.3 is 10.5 Å². The highest BCUT2D eigenvalue weighted by Gasteiger charge is 2.03. The van der Waals surface area contributed by atoms with Crippen LogP contribution in [0.2, 0.25) is 0 Å². The highest BCUT2D eigenvalue weighted by Crippen LogP contribution is 1.95. The molecule has 0 saturated heterocycles. The van der Waals surface area contributed by atoms with E-state index in [-0.39, 0.29) is 0 Å². The molecule has 0 aliphatic rings. The first-order valence-corrected chi connectivity index (χ1v) is 5.74. The van der Waals surface area contributed by atoms with E-state index in [4.69, 9.17) is 10.5 Å². The summed E-state index contributed by atoms with van der Waals surface area (Å²) in [5.74, 6) is 0. The Hall–Kier alpha value is -0.120. The van der Waals surface area contributed by atoms with E-state index in [1.54, 1.807) is 0 Å². The van der Waals surface area contributed by atoms with Crippen molar-refractivity contribution in [2.75, 3.05) is 32.8 Å². The predicted octanol–water partition coefficient (Wildman–Crippen LogP) is 1.47. The van der Waals surface area contributed by atoms with Gasteiger partial charge in [0, 0.05) is 19.6 Å². The minimum Gasteiger partial charge on any atom is -0.377 e. The molecular formula is C11H26N2O. The SMILES string of the molecule is CCCCN(CCN)CCOC(C)C. The van der Waals surface area contributed by atoms with Crippen molar-refractivity contribution in [1.82, 2.24) is 4.90 Å². The largest absolute Gasteiger partial charge is 0.377 e. The number of hydrogen-bond acceptors (Lipinski definition) is 3. The zero-order chi connectivity index (χ0) is 10.8. The first kappa shape index (κ1) is 13.9. The third-order valence-electron chi connectivity index (χ3n) is 2.13. The molecule has 3 heteroatoms. The molecule has 0 bridgehead atoms. The lowest BCUT2D eigenvalue weighted by Gasteiger charge is -2.21. The molecule has 0 spiro atoms. The Morgan fingerprint density at radius 1 is 1.21 bits per heavy atom. The summed E-state index contributed by atoms with van der Waals surface area (Å²) in [5.41, 5.74) is 5.55. The summed E-state index contributed by atoms with van der Waals surface area (Å²) < 4.78 is 5.52. The Morgan fingerprint density at radius 3 is 2.43 bits per heavy atom. The van der Waals surface area contributed by atoms with Crippen molar-refractivity contribution in [1.29, 1.82) is 0 Å². The zero-order valence-corrected chi connectivity index (χ0v) is 9.96. The number of unbranched alkanes of at least 4 members (excludes halogenated alkanes) is 1. The van der Waals surface area contributed by atoms with Crippen molar-refractivity contribution in [2.45, 2.75) is 39.7 Å². The van der Waals surface area contributed by atoms with Crippen LogP contribution in [0.4, 0.5) is 0 Å². The summed E-state index contributed by atoms with van der Waals surface area (Å²) in [6.45, 7) is 11.1. The molecular weight excluding hydrogens is 176 g/mol. The quantitative estimate of drug-likeness (QED) is 0.615. The third kappa shape index (κ3) is 8.48. The third-order valence-corrected chi connectivity index (χ3v) is 2.13. The summed E-state index contributed by atoms with van der Waals surface area (Å²) in [5, 5.41) is 0.